The van der Waals surface area contributed by atoms with Crippen LogP contribution in [0.1, 0.15) is 41.4 Å². The van der Waals surface area contributed by atoms with Crippen LogP contribution in [0.3, 0.4) is 0 Å². The van der Waals surface area contributed by atoms with Crippen molar-refractivity contribution in [3.63, 3.8) is 0 Å². The van der Waals surface area contributed by atoms with Crippen LogP contribution >= 0.6 is 11.3 Å². The number of thiazole rings is 1. The highest BCUT2D eigenvalue weighted by Gasteiger charge is 2.23. The molecule has 3 nitrogen and oxygen atoms in total. The van der Waals surface area contributed by atoms with Crippen molar-refractivity contribution in [3.8, 4) is 0 Å². The summed E-state index contributed by atoms with van der Waals surface area (Å²) >= 11 is 1.84. The lowest BCUT2D eigenvalue weighted by Gasteiger charge is -2.21. The average molecular weight is 226 g/mol. The van der Waals surface area contributed by atoms with Crippen LogP contribution in [0.5, 0.6) is 0 Å². The van der Waals surface area contributed by atoms with Gasteiger partial charge in [0.25, 0.3) is 0 Å². The number of hydrogen-bond donors (Lipinski definition) is 2. The highest BCUT2D eigenvalue weighted by Crippen LogP contribution is 2.34. The Kier molecular flexibility index (Phi) is 3.72. The van der Waals surface area contributed by atoms with Crippen molar-refractivity contribution in [1.29, 1.82) is 0 Å². The third-order valence-electron chi connectivity index (χ3n) is 2.80. The van der Waals surface area contributed by atoms with Crippen molar-refractivity contribution in [2.45, 2.75) is 38.6 Å². The summed E-state index contributed by atoms with van der Waals surface area (Å²) in [5, 5.41) is 13.5. The summed E-state index contributed by atoms with van der Waals surface area (Å²) in [6.45, 7) is 3.05. The molecular formula is C11H18N2OS. The van der Waals surface area contributed by atoms with E-state index >= 15 is 0 Å². The van der Waals surface area contributed by atoms with Crippen LogP contribution in [0.15, 0.2) is 0 Å². The predicted molar refractivity (Wildman–Crippen MR) is 62.3 cm³/mol. The van der Waals surface area contributed by atoms with Crippen LogP contribution in [0.25, 0.3) is 0 Å². The number of rotatable bonds is 4. The molecule has 0 amide bonds. The van der Waals surface area contributed by atoms with E-state index in [1.165, 1.54) is 28.4 Å². The quantitative estimate of drug-likeness (QED) is 0.821. The van der Waals surface area contributed by atoms with Crippen molar-refractivity contribution in [2.24, 2.45) is 0 Å². The molecule has 2 rings (SSSR count). The monoisotopic (exact) mass is 226 g/mol. The second-order valence-electron chi connectivity index (χ2n) is 3.89. The minimum atomic E-state index is 0.214. The Morgan fingerprint density at radius 1 is 1.60 bits per heavy atom. The summed E-state index contributed by atoms with van der Waals surface area (Å²) in [6.07, 6.45) is 4.55. The number of aromatic nitrogens is 1. The van der Waals surface area contributed by atoms with Gasteiger partial charge in [0.15, 0.2) is 0 Å². The molecule has 15 heavy (non-hydrogen) atoms. The van der Waals surface area contributed by atoms with Crippen molar-refractivity contribution in [1.82, 2.24) is 10.3 Å². The molecule has 1 aromatic rings. The van der Waals surface area contributed by atoms with Gasteiger partial charge in [0.05, 0.1) is 17.3 Å². The Morgan fingerprint density at radius 2 is 2.47 bits per heavy atom. The van der Waals surface area contributed by atoms with Crippen LogP contribution in [-0.2, 0) is 12.8 Å². The summed E-state index contributed by atoms with van der Waals surface area (Å²) in [5.74, 6) is 0. The lowest BCUT2D eigenvalue weighted by molar-refractivity contribution is 0.281. The standard InChI is InChI=1S/C11H18N2OS/c1-2-10-13-9-5-3-4-8(11(9)15-10)12-6-7-14/h8,12,14H,2-7H2,1H3. The first-order valence-electron chi connectivity index (χ1n) is 5.68. The van der Waals surface area contributed by atoms with Crippen LogP contribution in [-0.4, -0.2) is 23.2 Å². The normalized spacial score (nSPS) is 20.3. The topological polar surface area (TPSA) is 45.2 Å². The average Bonchev–Trinajstić information content (AvgIpc) is 2.69. The molecule has 0 spiro atoms. The van der Waals surface area contributed by atoms with Crippen LogP contribution in [0.2, 0.25) is 0 Å². The number of aliphatic hydroxyl groups is 1. The molecule has 4 heteroatoms. The molecule has 1 aliphatic carbocycles. The fraction of sp³-hybridized carbons (Fsp3) is 0.727. The summed E-state index contributed by atoms with van der Waals surface area (Å²) in [6, 6.07) is 0.429. The molecule has 1 aliphatic rings. The predicted octanol–water partition coefficient (Wildman–Crippen LogP) is 1.66. The van der Waals surface area contributed by atoms with E-state index in [1.807, 2.05) is 11.3 Å². The van der Waals surface area contributed by atoms with E-state index in [1.54, 1.807) is 0 Å². The van der Waals surface area contributed by atoms with Crippen LogP contribution in [0.4, 0.5) is 0 Å². The summed E-state index contributed by atoms with van der Waals surface area (Å²) in [7, 11) is 0. The molecule has 1 heterocycles. The summed E-state index contributed by atoms with van der Waals surface area (Å²) < 4.78 is 0. The van der Waals surface area contributed by atoms with Gasteiger partial charge in [0.2, 0.25) is 0 Å². The van der Waals surface area contributed by atoms with Gasteiger partial charge in [-0.25, -0.2) is 4.98 Å². The maximum atomic E-state index is 8.82. The molecule has 0 saturated carbocycles. The Bertz CT molecular complexity index is 324. The zero-order chi connectivity index (χ0) is 10.7. The van der Waals surface area contributed by atoms with Gasteiger partial charge in [-0.1, -0.05) is 6.92 Å². The van der Waals surface area contributed by atoms with Crippen molar-refractivity contribution in [2.75, 3.05) is 13.2 Å². The Balaban J connectivity index is 2.14. The third-order valence-corrected chi connectivity index (χ3v) is 4.16. The van der Waals surface area contributed by atoms with Gasteiger partial charge in [-0.05, 0) is 25.7 Å². The van der Waals surface area contributed by atoms with Gasteiger partial charge < -0.3 is 10.4 Å². The fourth-order valence-electron chi connectivity index (χ4n) is 2.06. The van der Waals surface area contributed by atoms with Gasteiger partial charge in [-0.15, -0.1) is 11.3 Å². The second-order valence-corrected chi connectivity index (χ2v) is 5.01. The molecule has 0 aromatic carbocycles. The SMILES string of the molecule is CCc1nc2c(s1)C(NCCO)CCC2. The lowest BCUT2D eigenvalue weighted by Crippen LogP contribution is -2.26. The fourth-order valence-corrected chi connectivity index (χ4v) is 3.22. The van der Waals surface area contributed by atoms with E-state index < -0.39 is 0 Å². The van der Waals surface area contributed by atoms with Crippen molar-refractivity contribution in [3.05, 3.63) is 15.6 Å². The number of hydrogen-bond acceptors (Lipinski definition) is 4. The van der Waals surface area contributed by atoms with Crippen molar-refractivity contribution >= 4 is 11.3 Å². The molecule has 0 fully saturated rings. The Labute approximate surface area is 94.5 Å². The van der Waals surface area contributed by atoms with Gasteiger partial charge >= 0.3 is 0 Å². The molecule has 0 saturated heterocycles. The Morgan fingerprint density at radius 3 is 3.20 bits per heavy atom. The molecule has 1 unspecified atom stereocenters. The molecule has 0 radical (unpaired) electrons. The zero-order valence-corrected chi connectivity index (χ0v) is 9.94. The van der Waals surface area contributed by atoms with Gasteiger partial charge in [-0.3, -0.25) is 0 Å². The van der Waals surface area contributed by atoms with E-state index in [-0.39, 0.29) is 6.61 Å². The Hall–Kier alpha value is -0.450. The first kappa shape index (κ1) is 11.0. The first-order chi connectivity index (χ1) is 7.35. The van der Waals surface area contributed by atoms with Crippen LogP contribution < -0.4 is 5.32 Å². The smallest absolute Gasteiger partial charge is 0.0928 e. The minimum absolute atomic E-state index is 0.214. The second kappa shape index (κ2) is 5.05. The zero-order valence-electron chi connectivity index (χ0n) is 9.12. The number of fused-ring (bicyclic) bond motifs is 1. The molecular weight excluding hydrogens is 208 g/mol. The van der Waals surface area contributed by atoms with Crippen LogP contribution in [0, 0.1) is 0 Å². The molecule has 0 aliphatic heterocycles. The van der Waals surface area contributed by atoms with Gasteiger partial charge in [-0.2, -0.15) is 0 Å². The highest BCUT2D eigenvalue weighted by molar-refractivity contribution is 7.11. The first-order valence-corrected chi connectivity index (χ1v) is 6.49. The van der Waals surface area contributed by atoms with E-state index in [4.69, 9.17) is 5.11 Å². The maximum absolute atomic E-state index is 8.82. The number of aliphatic hydroxyl groups excluding tert-OH is 1. The van der Waals surface area contributed by atoms with Gasteiger partial charge in [0.1, 0.15) is 0 Å². The van der Waals surface area contributed by atoms with Gasteiger partial charge in [0, 0.05) is 17.5 Å². The van der Waals surface area contributed by atoms with Crippen molar-refractivity contribution < 1.29 is 5.11 Å². The van der Waals surface area contributed by atoms with E-state index in [0.29, 0.717) is 12.6 Å². The maximum Gasteiger partial charge on any atom is 0.0928 e. The summed E-state index contributed by atoms with van der Waals surface area (Å²) in [5.41, 5.74) is 1.29. The molecule has 1 aromatic heterocycles. The number of nitrogens with zero attached hydrogens (tertiary/aromatic N) is 1. The molecule has 0 bridgehead atoms. The highest BCUT2D eigenvalue weighted by atomic mass is 32.1. The van der Waals surface area contributed by atoms with E-state index in [2.05, 4.69) is 17.2 Å². The minimum Gasteiger partial charge on any atom is -0.395 e. The van der Waals surface area contributed by atoms with E-state index in [0.717, 1.165) is 12.8 Å². The summed E-state index contributed by atoms with van der Waals surface area (Å²) in [4.78, 5) is 6.05. The number of aryl methyl sites for hydroxylation is 2. The number of nitrogens with one attached hydrogen (secondary N) is 1. The molecule has 2 N–H and O–H groups in total. The molecule has 1 atom stereocenters. The lowest BCUT2D eigenvalue weighted by atomic mass is 9.98. The largest absolute Gasteiger partial charge is 0.395 e. The van der Waals surface area contributed by atoms with E-state index in [9.17, 15) is 0 Å². The molecule has 84 valence electrons. The third kappa shape index (κ3) is 2.38.